The Balaban J connectivity index is -0.000000339. The Labute approximate surface area is 510 Å². The Morgan fingerprint density at radius 3 is 0.325 bits per heavy atom. The van der Waals surface area contributed by atoms with Gasteiger partial charge in [-0.15, -0.1) is 0 Å². The van der Waals surface area contributed by atoms with Gasteiger partial charge in [0.15, 0.2) is 0 Å². The number of quaternary nitrogens is 3. The summed E-state index contributed by atoms with van der Waals surface area (Å²) in [6.45, 7) is 45.6. The maximum absolute atomic E-state index is 8.52. The lowest BCUT2D eigenvalue weighted by molar-refractivity contribution is -0.929. The fourth-order valence-electron chi connectivity index (χ4n) is 12.5. The third kappa shape index (κ3) is 65.3. The number of hydrogen-bond donors (Lipinski definition) is 0. The van der Waals surface area contributed by atoms with E-state index in [1.807, 2.05) is 0 Å². The van der Waals surface area contributed by atoms with Crippen LogP contribution in [-0.2, 0) is 10.4 Å². The second-order valence-electron chi connectivity index (χ2n) is 25.8. The molecule has 0 bridgehead atoms. The fraction of sp³-hybridized carbons (Fsp3) is 1.00. The molecular weight excluding hydrogens is 1000 g/mol. The van der Waals surface area contributed by atoms with E-state index < -0.39 is 10.4 Å². The van der Waals surface area contributed by atoms with E-state index >= 15 is 0 Å². The topological polar surface area (TPSA) is 80.3 Å². The largest absolute Gasteiger partial charge is 1.00 e. The molecule has 0 amide bonds. The van der Waals surface area contributed by atoms with Crippen LogP contribution < -0.4 is 0 Å². The van der Waals surface area contributed by atoms with Crippen molar-refractivity contribution in [1.82, 2.24) is 0 Å². The summed E-state index contributed by atoms with van der Waals surface area (Å²) in [5, 5.41) is 0. The first-order valence-corrected chi connectivity index (χ1v) is 38.3. The summed E-state index contributed by atoms with van der Waals surface area (Å²) < 4.78 is 38.5. The molecule has 0 aliphatic rings. The summed E-state index contributed by atoms with van der Waals surface area (Å²) in [5.41, 5.74) is 0. The number of unbranched alkanes of at least 4 members (excludes halogenated alkanes) is 36. The quantitative estimate of drug-likeness (QED) is 0.0263. The lowest BCUT2D eigenvalue weighted by atomic mass is 10.1. The first-order chi connectivity index (χ1) is 38.7. The van der Waals surface area contributed by atoms with E-state index in [4.69, 9.17) is 17.5 Å². The molecule has 0 aromatic rings. The standard InChI is InChI=1S/3C24H52N.H2O4S.H/c3*1-5-9-13-17-21-25(22-18-14-10-6-2,23-19-15-11-7-3)24-20-16-12-8-4;1-5(2,3)4;/h3*5-24H2,1-4H3;(H2,1,2,3,4);/q3*+1;;-1/p-2. The summed E-state index contributed by atoms with van der Waals surface area (Å²) in [6.07, 6.45) is 68.5. The molecule has 0 aliphatic heterocycles. The molecule has 490 valence electrons. The van der Waals surface area contributed by atoms with Crippen LogP contribution in [0.15, 0.2) is 0 Å². The average Bonchev–Trinajstić information content (AvgIpc) is 3.44. The molecule has 0 heterocycles. The van der Waals surface area contributed by atoms with E-state index in [1.165, 1.54) is 400 Å². The van der Waals surface area contributed by atoms with Gasteiger partial charge in [0.1, 0.15) is 0 Å². The van der Waals surface area contributed by atoms with Crippen LogP contribution in [0.3, 0.4) is 0 Å². The smallest absolute Gasteiger partial charge is 0.0786 e. The van der Waals surface area contributed by atoms with Crippen molar-refractivity contribution < 1.29 is 32.4 Å². The zero-order valence-electron chi connectivity index (χ0n) is 58.8. The summed E-state index contributed by atoms with van der Waals surface area (Å²) in [7, 11) is -5.17. The Kier molecular flexibility index (Phi) is 73.1. The predicted molar refractivity (Wildman–Crippen MR) is 360 cm³/mol. The van der Waals surface area contributed by atoms with Crippen LogP contribution in [0, 0.1) is 0 Å². The molecule has 7 nitrogen and oxygen atoms in total. The van der Waals surface area contributed by atoms with Crippen LogP contribution in [0.4, 0.5) is 0 Å². The summed E-state index contributed by atoms with van der Waals surface area (Å²) in [6, 6.07) is 0. The second-order valence-corrected chi connectivity index (χ2v) is 26.7. The fourth-order valence-corrected chi connectivity index (χ4v) is 12.5. The molecule has 80 heavy (non-hydrogen) atoms. The van der Waals surface area contributed by atoms with Crippen molar-refractivity contribution >= 4 is 10.4 Å². The molecule has 0 saturated carbocycles. The van der Waals surface area contributed by atoms with Gasteiger partial charge in [0.25, 0.3) is 0 Å². The second kappa shape index (κ2) is 67.9. The third-order valence-electron chi connectivity index (χ3n) is 17.8. The molecule has 0 unspecified atom stereocenters. The molecule has 0 radical (unpaired) electrons. The highest BCUT2D eigenvalue weighted by Gasteiger charge is 2.28. The number of hydrogen-bond acceptors (Lipinski definition) is 4. The zero-order chi connectivity index (χ0) is 60.4. The van der Waals surface area contributed by atoms with Crippen molar-refractivity contribution in [2.45, 2.75) is 391 Å². The molecule has 0 spiro atoms. The van der Waals surface area contributed by atoms with Crippen LogP contribution in [0.5, 0.6) is 0 Å². The van der Waals surface area contributed by atoms with Gasteiger partial charge in [-0.3, -0.25) is 8.42 Å². The van der Waals surface area contributed by atoms with Crippen LogP contribution >= 0.6 is 0 Å². The summed E-state index contributed by atoms with van der Waals surface area (Å²) in [4.78, 5) is 0. The Bertz CT molecular complexity index is 949. The Morgan fingerprint density at radius 1 is 0.188 bits per heavy atom. The molecule has 0 rings (SSSR count). The lowest BCUT2D eigenvalue weighted by Gasteiger charge is -2.39. The van der Waals surface area contributed by atoms with Gasteiger partial charge in [0.05, 0.1) is 78.5 Å². The van der Waals surface area contributed by atoms with E-state index in [-0.39, 0.29) is 1.43 Å². The van der Waals surface area contributed by atoms with Gasteiger partial charge >= 0.3 is 0 Å². The Hall–Kier alpha value is -0.250. The summed E-state index contributed by atoms with van der Waals surface area (Å²) in [5.74, 6) is 0. The van der Waals surface area contributed by atoms with Crippen molar-refractivity contribution in [3.8, 4) is 0 Å². The SMILES string of the molecule is CCCCCC[N+](CCCCCC)(CCCCCC)CCCCCC.CCCCCC[N+](CCCCCC)(CCCCCC)CCCCCC.CCCCCC[N+](CCCCCC)(CCCCCC)CCCCCC.O=S(=O)([O-])[O-].[H-]. The highest BCUT2D eigenvalue weighted by atomic mass is 32.3. The van der Waals surface area contributed by atoms with E-state index in [0.29, 0.717) is 0 Å². The minimum atomic E-state index is -5.17. The molecule has 0 aliphatic carbocycles. The maximum Gasteiger partial charge on any atom is 0.0786 e. The number of rotatable bonds is 60. The van der Waals surface area contributed by atoms with Gasteiger partial charge in [0, 0.05) is 10.4 Å². The molecule has 0 aromatic heterocycles. The van der Waals surface area contributed by atoms with Crippen molar-refractivity contribution in [3.63, 3.8) is 0 Å². The van der Waals surface area contributed by atoms with Gasteiger partial charge in [0.2, 0.25) is 0 Å². The van der Waals surface area contributed by atoms with Crippen LogP contribution in [0.25, 0.3) is 0 Å². The first-order valence-electron chi connectivity index (χ1n) is 36.9. The molecule has 0 atom stereocenters. The molecule has 0 N–H and O–H groups in total. The molecule has 0 saturated heterocycles. The zero-order valence-corrected chi connectivity index (χ0v) is 58.6. The van der Waals surface area contributed by atoms with Crippen molar-refractivity contribution in [2.75, 3.05) is 78.5 Å². The van der Waals surface area contributed by atoms with Gasteiger partial charge in [-0.2, -0.15) is 0 Å². The monoisotopic (exact) mass is 1160 g/mol. The molecule has 8 heteroatoms. The van der Waals surface area contributed by atoms with E-state index in [2.05, 4.69) is 83.1 Å². The predicted octanol–water partition coefficient (Wildman–Crippen LogP) is 23.1. The van der Waals surface area contributed by atoms with Gasteiger partial charge in [-0.05, 0) is 154 Å². The first kappa shape index (κ1) is 86.2. The third-order valence-corrected chi connectivity index (χ3v) is 17.8. The molecule has 0 fully saturated rings. The van der Waals surface area contributed by atoms with Crippen LogP contribution in [0.2, 0.25) is 0 Å². The van der Waals surface area contributed by atoms with Crippen molar-refractivity contribution in [1.29, 1.82) is 0 Å². The maximum atomic E-state index is 8.52. The minimum absolute atomic E-state index is 0. The van der Waals surface area contributed by atoms with E-state index in [9.17, 15) is 0 Å². The van der Waals surface area contributed by atoms with E-state index in [1.54, 1.807) is 0 Å². The normalized spacial score (nSPS) is 12.0. The number of nitrogens with zero attached hydrogens (tertiary/aromatic N) is 3. The van der Waals surface area contributed by atoms with Crippen molar-refractivity contribution in [3.05, 3.63) is 0 Å². The average molecular weight is 1160 g/mol. The van der Waals surface area contributed by atoms with Crippen LogP contribution in [-0.4, -0.2) is 110 Å². The highest BCUT2D eigenvalue weighted by Crippen LogP contribution is 2.23. The minimum Gasteiger partial charge on any atom is -1.00 e. The van der Waals surface area contributed by atoms with Gasteiger partial charge in [-0.1, -0.05) is 237 Å². The van der Waals surface area contributed by atoms with E-state index in [0.717, 1.165) is 0 Å². The van der Waals surface area contributed by atoms with Gasteiger partial charge < -0.3 is 24.0 Å². The molecular formula is C72H157N3O4S. The van der Waals surface area contributed by atoms with Crippen LogP contribution in [0.1, 0.15) is 393 Å². The molecule has 0 aromatic carbocycles. The van der Waals surface area contributed by atoms with Crippen molar-refractivity contribution in [2.24, 2.45) is 0 Å². The Morgan fingerprint density at radius 2 is 0.263 bits per heavy atom. The lowest BCUT2D eigenvalue weighted by Crippen LogP contribution is -2.50. The van der Waals surface area contributed by atoms with Gasteiger partial charge in [-0.25, -0.2) is 0 Å². The highest BCUT2D eigenvalue weighted by molar-refractivity contribution is 7.79. The summed E-state index contributed by atoms with van der Waals surface area (Å²) >= 11 is 0.